The Kier molecular flexibility index (Phi) is 7.38. The summed E-state index contributed by atoms with van der Waals surface area (Å²) in [7, 11) is 0. The Morgan fingerprint density at radius 2 is 0.935 bits per heavy atom. The van der Waals surface area contributed by atoms with Gasteiger partial charge in [-0.3, -0.25) is 0 Å². The summed E-state index contributed by atoms with van der Waals surface area (Å²) in [5.41, 5.74) is 8.24. The zero-order valence-corrected chi connectivity index (χ0v) is 25.6. The molecule has 7 aromatic rings. The van der Waals surface area contributed by atoms with Crippen molar-refractivity contribution in [2.24, 2.45) is 0 Å². The van der Waals surface area contributed by atoms with E-state index in [-0.39, 0.29) is 6.04 Å². The van der Waals surface area contributed by atoms with Crippen LogP contribution >= 0.6 is 0 Å². The van der Waals surface area contributed by atoms with E-state index in [1.165, 1.54) is 49.7 Å². The number of anilines is 5. The molecular formula is C44H34N2. The molecule has 1 atom stereocenters. The first-order chi connectivity index (χ1) is 22.9. The normalized spacial score (nSPS) is 14.0. The summed E-state index contributed by atoms with van der Waals surface area (Å²) in [6.45, 7) is 0. The third-order valence-electron chi connectivity index (χ3n) is 8.89. The van der Waals surface area contributed by atoms with E-state index in [1.807, 2.05) is 0 Å². The van der Waals surface area contributed by atoms with Gasteiger partial charge in [0, 0.05) is 38.6 Å². The van der Waals surface area contributed by atoms with Gasteiger partial charge >= 0.3 is 0 Å². The van der Waals surface area contributed by atoms with Crippen molar-refractivity contribution in [2.75, 3.05) is 9.80 Å². The molecular weight excluding hydrogens is 556 g/mol. The Labute approximate surface area is 270 Å². The molecule has 0 bridgehead atoms. The van der Waals surface area contributed by atoms with Crippen molar-refractivity contribution in [3.8, 4) is 11.1 Å². The number of benzene rings is 7. The fraction of sp³-hybridized carbons (Fsp3) is 0.0455. The van der Waals surface area contributed by atoms with Gasteiger partial charge in [0.2, 0.25) is 0 Å². The van der Waals surface area contributed by atoms with Crippen LogP contribution in [0.5, 0.6) is 0 Å². The van der Waals surface area contributed by atoms with Gasteiger partial charge in [-0.1, -0.05) is 146 Å². The van der Waals surface area contributed by atoms with Crippen LogP contribution in [0.15, 0.2) is 188 Å². The number of para-hydroxylation sites is 3. The fourth-order valence-corrected chi connectivity index (χ4v) is 6.84. The lowest BCUT2D eigenvalue weighted by Crippen LogP contribution is -2.30. The van der Waals surface area contributed by atoms with Gasteiger partial charge in [0.15, 0.2) is 0 Å². The van der Waals surface area contributed by atoms with E-state index in [4.69, 9.17) is 0 Å². The molecule has 0 fully saturated rings. The number of nitrogens with zero attached hydrogens (tertiary/aromatic N) is 2. The second kappa shape index (κ2) is 12.3. The molecule has 7 aromatic carbocycles. The van der Waals surface area contributed by atoms with Crippen LogP contribution in [0.4, 0.5) is 28.4 Å². The van der Waals surface area contributed by atoms with Gasteiger partial charge in [0.1, 0.15) is 0 Å². The molecule has 1 aliphatic carbocycles. The summed E-state index contributed by atoms with van der Waals surface area (Å²) < 4.78 is 0. The SMILES string of the molecule is C1=CCC(N(c2ccccc2)c2c3ccccc3c(N(c3ccccc3)c3ccccc3)c3cc(-c4ccccc4)ccc23)C=C1. The topological polar surface area (TPSA) is 6.48 Å². The fourth-order valence-electron chi connectivity index (χ4n) is 6.84. The van der Waals surface area contributed by atoms with Crippen molar-refractivity contribution in [3.63, 3.8) is 0 Å². The minimum absolute atomic E-state index is 0.179. The molecule has 2 nitrogen and oxygen atoms in total. The maximum Gasteiger partial charge on any atom is 0.0620 e. The van der Waals surface area contributed by atoms with E-state index in [9.17, 15) is 0 Å². The van der Waals surface area contributed by atoms with Crippen LogP contribution in [-0.4, -0.2) is 6.04 Å². The molecule has 1 aliphatic rings. The third kappa shape index (κ3) is 5.04. The van der Waals surface area contributed by atoms with Crippen LogP contribution in [0.2, 0.25) is 0 Å². The van der Waals surface area contributed by atoms with Crippen molar-refractivity contribution in [1.29, 1.82) is 0 Å². The Balaban J connectivity index is 1.52. The standard InChI is InChI=1S/C44H34N2/c1-6-18-33(19-7-1)34-30-31-41-42(32-34)44(46(37-24-12-4-13-25-37)38-26-14-5-15-27-38)40-29-17-16-28-39(40)43(41)45(35-20-8-2-9-21-35)36-22-10-3-11-23-36/h1-22,24-32,36H,23H2. The quantitative estimate of drug-likeness (QED) is 0.135. The van der Waals surface area contributed by atoms with E-state index in [0.29, 0.717) is 0 Å². The summed E-state index contributed by atoms with van der Waals surface area (Å²) in [6, 6.07) is 59.2. The minimum atomic E-state index is 0.179. The first-order valence-electron chi connectivity index (χ1n) is 16.0. The average molecular weight is 591 g/mol. The summed E-state index contributed by atoms with van der Waals surface area (Å²) >= 11 is 0. The van der Waals surface area contributed by atoms with E-state index in [1.54, 1.807) is 0 Å². The van der Waals surface area contributed by atoms with E-state index >= 15 is 0 Å². The van der Waals surface area contributed by atoms with Crippen molar-refractivity contribution >= 4 is 50.0 Å². The zero-order chi connectivity index (χ0) is 30.7. The van der Waals surface area contributed by atoms with E-state index in [2.05, 4.69) is 198 Å². The average Bonchev–Trinajstić information content (AvgIpc) is 3.14. The van der Waals surface area contributed by atoms with E-state index < -0.39 is 0 Å². The third-order valence-corrected chi connectivity index (χ3v) is 8.89. The highest BCUT2D eigenvalue weighted by Gasteiger charge is 2.27. The number of fused-ring (bicyclic) bond motifs is 2. The van der Waals surface area contributed by atoms with Crippen LogP contribution < -0.4 is 9.80 Å². The number of rotatable bonds is 7. The second-order valence-corrected chi connectivity index (χ2v) is 11.7. The molecule has 0 radical (unpaired) electrons. The second-order valence-electron chi connectivity index (χ2n) is 11.7. The number of allylic oxidation sites excluding steroid dienone is 2. The Morgan fingerprint density at radius 1 is 0.413 bits per heavy atom. The molecule has 1 unspecified atom stereocenters. The highest BCUT2D eigenvalue weighted by molar-refractivity contribution is 6.23. The summed E-state index contributed by atoms with van der Waals surface area (Å²) in [4.78, 5) is 4.98. The molecule has 2 heteroatoms. The monoisotopic (exact) mass is 590 g/mol. The number of hydrogen-bond donors (Lipinski definition) is 0. The van der Waals surface area contributed by atoms with Gasteiger partial charge in [-0.15, -0.1) is 0 Å². The Morgan fingerprint density at radius 3 is 1.52 bits per heavy atom. The number of hydrogen-bond acceptors (Lipinski definition) is 2. The smallest absolute Gasteiger partial charge is 0.0620 e. The molecule has 0 aromatic heterocycles. The highest BCUT2D eigenvalue weighted by atomic mass is 15.2. The van der Waals surface area contributed by atoms with Gasteiger partial charge in [-0.25, -0.2) is 0 Å². The lowest BCUT2D eigenvalue weighted by molar-refractivity contribution is 0.789. The molecule has 8 rings (SSSR count). The van der Waals surface area contributed by atoms with Gasteiger partial charge in [-0.05, 0) is 60.0 Å². The lowest BCUT2D eigenvalue weighted by Gasteiger charge is -2.36. The molecule has 0 N–H and O–H groups in total. The molecule has 0 heterocycles. The van der Waals surface area contributed by atoms with Crippen LogP contribution in [-0.2, 0) is 0 Å². The van der Waals surface area contributed by atoms with Crippen molar-refractivity contribution in [2.45, 2.75) is 12.5 Å². The molecule has 220 valence electrons. The molecule has 0 spiro atoms. The zero-order valence-electron chi connectivity index (χ0n) is 25.6. The van der Waals surface area contributed by atoms with E-state index in [0.717, 1.165) is 17.8 Å². The first-order valence-corrected chi connectivity index (χ1v) is 16.0. The van der Waals surface area contributed by atoms with Crippen LogP contribution in [0.1, 0.15) is 6.42 Å². The Bertz CT molecular complexity index is 2130. The van der Waals surface area contributed by atoms with Crippen LogP contribution in [0.25, 0.3) is 32.7 Å². The maximum absolute atomic E-state index is 2.55. The largest absolute Gasteiger partial charge is 0.333 e. The van der Waals surface area contributed by atoms with Crippen LogP contribution in [0.3, 0.4) is 0 Å². The molecule has 0 saturated carbocycles. The van der Waals surface area contributed by atoms with Gasteiger partial charge < -0.3 is 9.80 Å². The van der Waals surface area contributed by atoms with Gasteiger partial charge in [-0.2, -0.15) is 0 Å². The van der Waals surface area contributed by atoms with Gasteiger partial charge in [0.05, 0.1) is 17.4 Å². The Hall–Kier alpha value is -5.86. The van der Waals surface area contributed by atoms with Crippen molar-refractivity contribution in [3.05, 3.63) is 188 Å². The summed E-state index contributed by atoms with van der Waals surface area (Å²) in [5.74, 6) is 0. The maximum atomic E-state index is 2.55. The highest BCUT2D eigenvalue weighted by Crippen LogP contribution is 2.50. The molecule has 0 amide bonds. The predicted octanol–water partition coefficient (Wildman–Crippen LogP) is 12.2. The molecule has 0 aliphatic heterocycles. The summed E-state index contributed by atoms with van der Waals surface area (Å²) in [6.07, 6.45) is 9.89. The predicted molar refractivity (Wildman–Crippen MR) is 197 cm³/mol. The molecule has 46 heavy (non-hydrogen) atoms. The first kappa shape index (κ1) is 27.7. The lowest BCUT2D eigenvalue weighted by atomic mass is 9.92. The van der Waals surface area contributed by atoms with Crippen LogP contribution in [0, 0.1) is 0 Å². The van der Waals surface area contributed by atoms with Gasteiger partial charge in [0.25, 0.3) is 0 Å². The minimum Gasteiger partial charge on any atom is -0.333 e. The van der Waals surface area contributed by atoms with Crippen molar-refractivity contribution < 1.29 is 0 Å². The summed E-state index contributed by atoms with van der Waals surface area (Å²) in [5, 5.41) is 4.86. The molecule has 0 saturated heterocycles. The van der Waals surface area contributed by atoms with Crippen molar-refractivity contribution in [1.82, 2.24) is 0 Å².